The van der Waals surface area contributed by atoms with Crippen molar-refractivity contribution in [2.75, 3.05) is 46.4 Å². The standard InChI is InChI=1S/C14H28N2O/c1-13(2,3)17-12-14(5-6-14)11-16-9-7-15(4)8-10-16/h5-12H2,1-4H3. The molecule has 0 aromatic heterocycles. The number of likely N-dealkylation sites (N-methyl/N-ethyl adjacent to an activating group) is 1. The molecule has 2 rings (SSSR count). The second kappa shape index (κ2) is 4.87. The van der Waals surface area contributed by atoms with Crippen LogP contribution in [0.4, 0.5) is 0 Å². The van der Waals surface area contributed by atoms with Gasteiger partial charge in [0, 0.05) is 38.1 Å². The van der Waals surface area contributed by atoms with Crippen molar-refractivity contribution in [3.05, 3.63) is 0 Å². The van der Waals surface area contributed by atoms with Crippen LogP contribution in [0.25, 0.3) is 0 Å². The summed E-state index contributed by atoms with van der Waals surface area (Å²) in [6, 6.07) is 0. The van der Waals surface area contributed by atoms with Crippen LogP contribution in [0.3, 0.4) is 0 Å². The number of hydrogen-bond donors (Lipinski definition) is 0. The summed E-state index contributed by atoms with van der Waals surface area (Å²) in [4.78, 5) is 5.04. The average Bonchev–Trinajstić information content (AvgIpc) is 2.99. The van der Waals surface area contributed by atoms with Crippen molar-refractivity contribution in [3.63, 3.8) is 0 Å². The van der Waals surface area contributed by atoms with Crippen molar-refractivity contribution < 1.29 is 4.74 Å². The van der Waals surface area contributed by atoms with E-state index >= 15 is 0 Å². The molecule has 0 N–H and O–H groups in total. The zero-order valence-electron chi connectivity index (χ0n) is 12.0. The molecular weight excluding hydrogens is 212 g/mol. The van der Waals surface area contributed by atoms with Gasteiger partial charge in [-0.15, -0.1) is 0 Å². The minimum atomic E-state index is 0.0116. The first kappa shape index (κ1) is 13.3. The van der Waals surface area contributed by atoms with Gasteiger partial charge in [0.15, 0.2) is 0 Å². The molecule has 0 bridgehead atoms. The number of piperazine rings is 1. The van der Waals surface area contributed by atoms with E-state index in [-0.39, 0.29) is 5.60 Å². The molecule has 1 aliphatic carbocycles. The monoisotopic (exact) mass is 240 g/mol. The third-order valence-corrected chi connectivity index (χ3v) is 3.92. The van der Waals surface area contributed by atoms with E-state index in [1.54, 1.807) is 0 Å². The fraction of sp³-hybridized carbons (Fsp3) is 1.00. The molecule has 1 heterocycles. The fourth-order valence-electron chi connectivity index (χ4n) is 2.37. The molecule has 0 aromatic carbocycles. The molecule has 0 amide bonds. The Hall–Kier alpha value is -0.120. The zero-order chi connectivity index (χ0) is 12.5. The summed E-state index contributed by atoms with van der Waals surface area (Å²) < 4.78 is 5.98. The van der Waals surface area contributed by atoms with Crippen LogP contribution in [0.5, 0.6) is 0 Å². The third kappa shape index (κ3) is 4.23. The quantitative estimate of drug-likeness (QED) is 0.745. The Balaban J connectivity index is 1.74. The van der Waals surface area contributed by atoms with E-state index in [2.05, 4.69) is 37.6 Å². The summed E-state index contributed by atoms with van der Waals surface area (Å²) in [7, 11) is 2.22. The average molecular weight is 240 g/mol. The summed E-state index contributed by atoms with van der Waals surface area (Å²) in [6.07, 6.45) is 2.71. The largest absolute Gasteiger partial charge is 0.375 e. The van der Waals surface area contributed by atoms with Crippen LogP contribution in [0.1, 0.15) is 33.6 Å². The first-order valence-electron chi connectivity index (χ1n) is 6.94. The van der Waals surface area contributed by atoms with Crippen molar-refractivity contribution in [1.82, 2.24) is 9.80 Å². The van der Waals surface area contributed by atoms with Crippen LogP contribution in [-0.2, 0) is 4.74 Å². The van der Waals surface area contributed by atoms with Gasteiger partial charge >= 0.3 is 0 Å². The summed E-state index contributed by atoms with van der Waals surface area (Å²) in [5.74, 6) is 0. The van der Waals surface area contributed by atoms with E-state index in [0.717, 1.165) is 6.61 Å². The molecular formula is C14H28N2O. The highest BCUT2D eigenvalue weighted by atomic mass is 16.5. The van der Waals surface area contributed by atoms with Crippen LogP contribution < -0.4 is 0 Å². The second-order valence-electron chi connectivity index (χ2n) is 6.98. The molecule has 100 valence electrons. The first-order chi connectivity index (χ1) is 7.89. The van der Waals surface area contributed by atoms with Gasteiger partial charge in [-0.2, -0.15) is 0 Å². The maximum Gasteiger partial charge on any atom is 0.0598 e. The van der Waals surface area contributed by atoms with Gasteiger partial charge in [-0.3, -0.25) is 0 Å². The molecule has 0 radical (unpaired) electrons. The molecule has 1 aliphatic heterocycles. The van der Waals surface area contributed by atoms with Gasteiger partial charge in [0.05, 0.1) is 12.2 Å². The van der Waals surface area contributed by atoms with Crippen LogP contribution >= 0.6 is 0 Å². The van der Waals surface area contributed by atoms with Crippen molar-refractivity contribution in [1.29, 1.82) is 0 Å². The van der Waals surface area contributed by atoms with E-state index < -0.39 is 0 Å². The van der Waals surface area contributed by atoms with E-state index in [9.17, 15) is 0 Å². The van der Waals surface area contributed by atoms with Crippen molar-refractivity contribution in [3.8, 4) is 0 Å². The Kier molecular flexibility index (Phi) is 3.81. The lowest BCUT2D eigenvalue weighted by Crippen LogP contribution is -2.47. The molecule has 0 spiro atoms. The Bertz CT molecular complexity index is 247. The Morgan fingerprint density at radius 2 is 1.65 bits per heavy atom. The smallest absolute Gasteiger partial charge is 0.0598 e. The lowest BCUT2D eigenvalue weighted by atomic mass is 10.1. The van der Waals surface area contributed by atoms with Gasteiger partial charge in [0.25, 0.3) is 0 Å². The second-order valence-corrected chi connectivity index (χ2v) is 6.98. The molecule has 0 atom stereocenters. The minimum Gasteiger partial charge on any atom is -0.375 e. The van der Waals surface area contributed by atoms with E-state index in [1.807, 2.05) is 0 Å². The Labute approximate surface area is 106 Å². The summed E-state index contributed by atoms with van der Waals surface area (Å²) in [6.45, 7) is 13.5. The molecule has 0 aromatic rings. The van der Waals surface area contributed by atoms with Gasteiger partial charge < -0.3 is 14.5 Å². The van der Waals surface area contributed by atoms with Crippen LogP contribution in [0.15, 0.2) is 0 Å². The van der Waals surface area contributed by atoms with Crippen LogP contribution in [0, 0.1) is 5.41 Å². The topological polar surface area (TPSA) is 15.7 Å². The lowest BCUT2D eigenvalue weighted by Gasteiger charge is -2.35. The minimum absolute atomic E-state index is 0.0116. The molecule has 2 aliphatic rings. The molecule has 0 unspecified atom stereocenters. The van der Waals surface area contributed by atoms with Gasteiger partial charge in [-0.05, 0) is 40.7 Å². The summed E-state index contributed by atoms with van der Waals surface area (Å²) in [5, 5.41) is 0. The molecule has 1 saturated heterocycles. The fourth-order valence-corrected chi connectivity index (χ4v) is 2.37. The maximum absolute atomic E-state index is 5.98. The predicted molar refractivity (Wildman–Crippen MR) is 71.3 cm³/mol. The molecule has 17 heavy (non-hydrogen) atoms. The normalized spacial score (nSPS) is 26.1. The van der Waals surface area contributed by atoms with Gasteiger partial charge in [-0.25, -0.2) is 0 Å². The van der Waals surface area contributed by atoms with Crippen molar-refractivity contribution in [2.45, 2.75) is 39.2 Å². The predicted octanol–water partition coefficient (Wildman–Crippen LogP) is 1.83. The molecule has 3 heteroatoms. The SMILES string of the molecule is CN1CCN(CC2(COC(C)(C)C)CC2)CC1. The Morgan fingerprint density at radius 1 is 1.06 bits per heavy atom. The van der Waals surface area contributed by atoms with Gasteiger partial charge in [-0.1, -0.05) is 0 Å². The van der Waals surface area contributed by atoms with E-state index in [1.165, 1.54) is 45.6 Å². The highest BCUT2D eigenvalue weighted by molar-refractivity contribution is 4.96. The van der Waals surface area contributed by atoms with E-state index in [0.29, 0.717) is 5.41 Å². The zero-order valence-corrected chi connectivity index (χ0v) is 12.0. The van der Waals surface area contributed by atoms with Crippen LogP contribution in [-0.4, -0.2) is 61.8 Å². The number of ether oxygens (including phenoxy) is 1. The van der Waals surface area contributed by atoms with E-state index in [4.69, 9.17) is 4.74 Å². The number of rotatable bonds is 4. The van der Waals surface area contributed by atoms with Crippen LogP contribution in [0.2, 0.25) is 0 Å². The molecule has 3 nitrogen and oxygen atoms in total. The van der Waals surface area contributed by atoms with Crippen molar-refractivity contribution in [2.24, 2.45) is 5.41 Å². The number of nitrogens with zero attached hydrogens (tertiary/aromatic N) is 2. The summed E-state index contributed by atoms with van der Waals surface area (Å²) >= 11 is 0. The highest BCUT2D eigenvalue weighted by Crippen LogP contribution is 2.47. The van der Waals surface area contributed by atoms with Crippen molar-refractivity contribution >= 4 is 0 Å². The first-order valence-corrected chi connectivity index (χ1v) is 6.94. The van der Waals surface area contributed by atoms with Gasteiger partial charge in [0.2, 0.25) is 0 Å². The third-order valence-electron chi connectivity index (χ3n) is 3.92. The summed E-state index contributed by atoms with van der Waals surface area (Å²) in [5.41, 5.74) is 0.501. The molecule has 2 fully saturated rings. The lowest BCUT2D eigenvalue weighted by molar-refractivity contribution is -0.0359. The van der Waals surface area contributed by atoms with Gasteiger partial charge in [0.1, 0.15) is 0 Å². The Morgan fingerprint density at radius 3 is 2.12 bits per heavy atom. The maximum atomic E-state index is 5.98. The number of hydrogen-bond acceptors (Lipinski definition) is 3. The highest BCUT2D eigenvalue weighted by Gasteiger charge is 2.45. The molecule has 1 saturated carbocycles.